The van der Waals surface area contributed by atoms with Gasteiger partial charge in [0, 0.05) is 0 Å². The molecule has 2 unspecified atom stereocenters. The average molecular weight is 449 g/mol. The second-order valence-electron chi connectivity index (χ2n) is 3.96. The first kappa shape index (κ1) is 15.1. The van der Waals surface area contributed by atoms with E-state index in [1.54, 1.807) is 22.6 Å². The first-order chi connectivity index (χ1) is 8.88. The number of halogens is 2. The van der Waals surface area contributed by atoms with Crippen LogP contribution in [0.2, 0.25) is 0 Å². The lowest BCUT2D eigenvalue weighted by molar-refractivity contribution is -0.0564. The molecule has 8 nitrogen and oxygen atoms in total. The average Bonchev–Trinajstić information content (AvgIpc) is 2.64. The van der Waals surface area contributed by atoms with Gasteiger partial charge in [-0.25, -0.2) is 4.79 Å². The quantitative estimate of drug-likeness (QED) is 0.323. The summed E-state index contributed by atoms with van der Waals surface area (Å²) in [5, 5.41) is 28.5. The standard InChI is InChI=1S/C9H10BrIN2O6/c10-3-6(11)13(9(18)12-7(3)17)8-5(16)4(15)2(1-14)19-8/h2,4-5,8,14-16H,1H2,(H,12,17,18)/t2-,4?,5?,8-/m0/s1. The Balaban J connectivity index is 2.52. The van der Waals surface area contributed by atoms with E-state index in [4.69, 9.17) is 9.84 Å². The Morgan fingerprint density at radius 2 is 2.00 bits per heavy atom. The van der Waals surface area contributed by atoms with Crippen molar-refractivity contribution in [2.24, 2.45) is 0 Å². The topological polar surface area (TPSA) is 125 Å². The zero-order valence-corrected chi connectivity index (χ0v) is 13.0. The number of rotatable bonds is 2. The maximum absolute atomic E-state index is 11.8. The predicted octanol–water partition coefficient (Wildman–Crippen LogP) is -1.48. The van der Waals surface area contributed by atoms with Gasteiger partial charge in [-0.1, -0.05) is 0 Å². The van der Waals surface area contributed by atoms with E-state index >= 15 is 0 Å². The summed E-state index contributed by atoms with van der Waals surface area (Å²) in [4.78, 5) is 25.2. The fourth-order valence-electron chi connectivity index (χ4n) is 1.82. The number of ether oxygens (including phenoxy) is 1. The van der Waals surface area contributed by atoms with Crippen LogP contribution in [0, 0.1) is 3.70 Å². The number of H-pyrrole nitrogens is 1. The van der Waals surface area contributed by atoms with Crippen LogP contribution in [0.25, 0.3) is 0 Å². The second kappa shape index (κ2) is 5.61. The Labute approximate surface area is 128 Å². The summed E-state index contributed by atoms with van der Waals surface area (Å²) < 4.78 is 6.59. The van der Waals surface area contributed by atoms with Gasteiger partial charge < -0.3 is 20.1 Å². The van der Waals surface area contributed by atoms with Crippen LogP contribution >= 0.6 is 38.5 Å². The summed E-state index contributed by atoms with van der Waals surface area (Å²) in [6, 6.07) is 0. The van der Waals surface area contributed by atoms with E-state index in [-0.39, 0.29) is 8.17 Å². The lowest BCUT2D eigenvalue weighted by atomic mass is 10.1. The van der Waals surface area contributed by atoms with E-state index in [0.717, 1.165) is 4.57 Å². The van der Waals surface area contributed by atoms with Crippen molar-refractivity contribution in [3.8, 4) is 0 Å². The summed E-state index contributed by atoms with van der Waals surface area (Å²) in [6.45, 7) is -0.495. The Bertz CT molecular complexity index is 601. The first-order valence-electron chi connectivity index (χ1n) is 5.20. The molecule has 1 aromatic rings. The minimum atomic E-state index is -1.39. The number of aliphatic hydroxyl groups is 3. The van der Waals surface area contributed by atoms with Crippen molar-refractivity contribution in [3.05, 3.63) is 29.0 Å². The monoisotopic (exact) mass is 448 g/mol. The molecule has 4 N–H and O–H groups in total. The maximum atomic E-state index is 11.8. The Morgan fingerprint density at radius 1 is 1.37 bits per heavy atom. The molecule has 1 aliphatic rings. The van der Waals surface area contributed by atoms with Crippen LogP contribution in [0.5, 0.6) is 0 Å². The third kappa shape index (κ3) is 2.52. The highest BCUT2D eigenvalue weighted by atomic mass is 127. The molecule has 10 heteroatoms. The molecule has 0 amide bonds. The van der Waals surface area contributed by atoms with Crippen molar-refractivity contribution in [3.63, 3.8) is 0 Å². The number of hydrogen-bond donors (Lipinski definition) is 4. The number of aromatic nitrogens is 2. The minimum Gasteiger partial charge on any atom is -0.394 e. The highest BCUT2D eigenvalue weighted by Gasteiger charge is 2.44. The van der Waals surface area contributed by atoms with E-state index < -0.39 is 42.4 Å². The van der Waals surface area contributed by atoms with Gasteiger partial charge >= 0.3 is 5.69 Å². The molecule has 106 valence electrons. The summed E-state index contributed by atoms with van der Waals surface area (Å²) >= 11 is 4.76. The van der Waals surface area contributed by atoms with Gasteiger partial charge in [-0.3, -0.25) is 14.3 Å². The molecular weight excluding hydrogens is 439 g/mol. The number of nitrogens with one attached hydrogen (secondary N) is 1. The molecule has 0 spiro atoms. The number of aliphatic hydroxyl groups excluding tert-OH is 3. The normalized spacial score (nSPS) is 30.8. The lowest BCUT2D eigenvalue weighted by Gasteiger charge is -2.19. The van der Waals surface area contributed by atoms with Gasteiger partial charge in [0.25, 0.3) is 5.56 Å². The van der Waals surface area contributed by atoms with Gasteiger partial charge in [-0.15, -0.1) is 0 Å². The number of hydrogen-bond acceptors (Lipinski definition) is 6. The Hall–Kier alpha value is -0.270. The molecule has 1 fully saturated rings. The number of nitrogens with zero attached hydrogens (tertiary/aromatic N) is 1. The highest BCUT2D eigenvalue weighted by molar-refractivity contribution is 14.1. The van der Waals surface area contributed by atoms with Gasteiger partial charge in [0.15, 0.2) is 6.23 Å². The molecule has 1 aromatic heterocycles. The van der Waals surface area contributed by atoms with Crippen LogP contribution in [0.15, 0.2) is 14.1 Å². The van der Waals surface area contributed by atoms with Crippen LogP contribution < -0.4 is 11.2 Å². The van der Waals surface area contributed by atoms with Crippen molar-refractivity contribution in [2.45, 2.75) is 24.5 Å². The van der Waals surface area contributed by atoms with Gasteiger partial charge in [-0.2, -0.15) is 0 Å². The van der Waals surface area contributed by atoms with Crippen LogP contribution in [0.3, 0.4) is 0 Å². The van der Waals surface area contributed by atoms with Gasteiger partial charge in [0.2, 0.25) is 0 Å². The molecule has 19 heavy (non-hydrogen) atoms. The molecule has 0 aliphatic carbocycles. The number of aromatic amines is 1. The zero-order valence-electron chi connectivity index (χ0n) is 9.29. The summed E-state index contributed by atoms with van der Waals surface area (Å²) in [7, 11) is 0. The molecule has 0 saturated carbocycles. The van der Waals surface area contributed by atoms with Crippen LogP contribution in [-0.2, 0) is 4.74 Å². The van der Waals surface area contributed by atoms with Crippen molar-refractivity contribution in [1.82, 2.24) is 9.55 Å². The zero-order chi connectivity index (χ0) is 14.3. The molecule has 2 heterocycles. The van der Waals surface area contributed by atoms with E-state index in [0.29, 0.717) is 0 Å². The van der Waals surface area contributed by atoms with E-state index in [2.05, 4.69) is 20.9 Å². The summed E-state index contributed by atoms with van der Waals surface area (Å²) in [6.07, 6.45) is -4.88. The maximum Gasteiger partial charge on any atom is 0.331 e. The van der Waals surface area contributed by atoms with Crippen molar-refractivity contribution in [1.29, 1.82) is 0 Å². The molecule has 4 atom stereocenters. The lowest BCUT2D eigenvalue weighted by Crippen LogP contribution is -2.40. The van der Waals surface area contributed by atoms with Crippen molar-refractivity contribution < 1.29 is 20.1 Å². The van der Waals surface area contributed by atoms with E-state index in [1.807, 2.05) is 0 Å². The molecule has 0 bridgehead atoms. The molecular formula is C9H10BrIN2O6. The first-order valence-corrected chi connectivity index (χ1v) is 7.08. The Morgan fingerprint density at radius 3 is 2.53 bits per heavy atom. The Kier molecular flexibility index (Phi) is 4.47. The summed E-state index contributed by atoms with van der Waals surface area (Å²) in [5.41, 5.74) is -1.37. The fourth-order valence-corrected chi connectivity index (χ4v) is 2.85. The predicted molar refractivity (Wildman–Crippen MR) is 74.7 cm³/mol. The van der Waals surface area contributed by atoms with Crippen LogP contribution in [0.4, 0.5) is 0 Å². The molecule has 1 saturated heterocycles. The van der Waals surface area contributed by atoms with Crippen molar-refractivity contribution in [2.75, 3.05) is 6.61 Å². The third-order valence-electron chi connectivity index (χ3n) is 2.80. The largest absolute Gasteiger partial charge is 0.394 e. The van der Waals surface area contributed by atoms with E-state index in [1.165, 1.54) is 0 Å². The molecule has 0 aromatic carbocycles. The SMILES string of the molecule is O=c1[nH]c(=O)n([C@H]2O[C@@H](CO)C(O)C2O)c(I)c1Br. The smallest absolute Gasteiger partial charge is 0.331 e. The van der Waals surface area contributed by atoms with Gasteiger partial charge in [0.1, 0.15) is 26.5 Å². The fraction of sp³-hybridized carbons (Fsp3) is 0.556. The molecule has 2 rings (SSSR count). The van der Waals surface area contributed by atoms with Gasteiger partial charge in [0.05, 0.1) is 6.61 Å². The molecule has 1 aliphatic heterocycles. The van der Waals surface area contributed by atoms with E-state index in [9.17, 15) is 19.8 Å². The summed E-state index contributed by atoms with van der Waals surface area (Å²) in [5.74, 6) is 0. The van der Waals surface area contributed by atoms with Crippen LogP contribution in [-0.4, -0.2) is 49.8 Å². The van der Waals surface area contributed by atoms with Crippen molar-refractivity contribution >= 4 is 38.5 Å². The molecule has 0 radical (unpaired) electrons. The minimum absolute atomic E-state index is 0.116. The third-order valence-corrected chi connectivity index (χ3v) is 5.34. The second-order valence-corrected chi connectivity index (χ2v) is 5.78. The van der Waals surface area contributed by atoms with Crippen LogP contribution in [0.1, 0.15) is 6.23 Å². The highest BCUT2D eigenvalue weighted by Crippen LogP contribution is 2.30. The van der Waals surface area contributed by atoms with Gasteiger partial charge in [-0.05, 0) is 38.5 Å².